The molecule has 0 fully saturated rings. The van der Waals surface area contributed by atoms with E-state index in [1.54, 1.807) is 41.3 Å². The molecule has 0 saturated heterocycles. The van der Waals surface area contributed by atoms with Crippen molar-refractivity contribution in [1.82, 2.24) is 14.8 Å². The van der Waals surface area contributed by atoms with Gasteiger partial charge in [-0.05, 0) is 36.4 Å². The van der Waals surface area contributed by atoms with Crippen LogP contribution in [0.2, 0.25) is 0 Å². The van der Waals surface area contributed by atoms with Crippen LogP contribution in [0.4, 0.5) is 13.9 Å². The first-order chi connectivity index (χ1) is 13.1. The highest BCUT2D eigenvalue weighted by atomic mass is 32.1. The second-order valence-electron chi connectivity index (χ2n) is 5.45. The van der Waals surface area contributed by atoms with Crippen LogP contribution in [0.5, 0.6) is 5.75 Å². The summed E-state index contributed by atoms with van der Waals surface area (Å²) < 4.78 is 36.8. The first-order valence-corrected chi connectivity index (χ1v) is 8.61. The summed E-state index contributed by atoms with van der Waals surface area (Å²) >= 11 is 1.15. The molecule has 138 valence electrons. The highest BCUT2D eigenvalue weighted by Crippen LogP contribution is 2.30. The van der Waals surface area contributed by atoms with Crippen LogP contribution in [0.15, 0.2) is 53.2 Å². The molecule has 0 saturated carbocycles. The van der Waals surface area contributed by atoms with Gasteiger partial charge in [-0.1, -0.05) is 11.3 Å². The number of hydrogen-bond acceptors (Lipinski definition) is 6. The summed E-state index contributed by atoms with van der Waals surface area (Å²) in [7, 11) is 0. The highest BCUT2D eigenvalue weighted by molar-refractivity contribution is 7.22. The second-order valence-corrected chi connectivity index (χ2v) is 6.48. The third-order valence-corrected chi connectivity index (χ3v) is 4.50. The first-order valence-electron chi connectivity index (χ1n) is 7.80. The Morgan fingerprint density at radius 3 is 3.00 bits per heavy atom. The lowest BCUT2D eigenvalue weighted by atomic mass is 10.3. The molecule has 0 spiro atoms. The van der Waals surface area contributed by atoms with Crippen LogP contribution in [0.1, 0.15) is 16.3 Å². The van der Waals surface area contributed by atoms with Crippen molar-refractivity contribution in [3.63, 3.8) is 0 Å². The first kappa shape index (κ1) is 17.2. The molecule has 10 heteroatoms. The highest BCUT2D eigenvalue weighted by Gasteiger charge is 2.15. The van der Waals surface area contributed by atoms with Crippen molar-refractivity contribution in [2.45, 2.75) is 13.2 Å². The number of amides is 1. The van der Waals surface area contributed by atoms with E-state index in [4.69, 9.17) is 4.42 Å². The summed E-state index contributed by atoms with van der Waals surface area (Å²) in [5.41, 5.74) is 0.565. The van der Waals surface area contributed by atoms with E-state index in [0.717, 1.165) is 11.3 Å². The fourth-order valence-electron chi connectivity index (χ4n) is 2.43. The molecule has 0 bridgehead atoms. The lowest BCUT2D eigenvalue weighted by molar-refractivity contribution is -0.0497. The van der Waals surface area contributed by atoms with Gasteiger partial charge >= 0.3 is 6.61 Å². The number of rotatable bonds is 6. The topological polar surface area (TPSA) is 82.2 Å². The lowest BCUT2D eigenvalue weighted by Gasteiger charge is -2.02. The molecule has 0 unspecified atom stereocenters. The molecule has 27 heavy (non-hydrogen) atoms. The molecule has 0 aliphatic rings. The van der Waals surface area contributed by atoms with Gasteiger partial charge in [0.2, 0.25) is 0 Å². The number of carbonyl (C=O) groups is 1. The van der Waals surface area contributed by atoms with Crippen molar-refractivity contribution in [2.24, 2.45) is 0 Å². The van der Waals surface area contributed by atoms with E-state index in [-0.39, 0.29) is 11.5 Å². The molecule has 7 nitrogen and oxygen atoms in total. The molecule has 4 aromatic rings. The Morgan fingerprint density at radius 1 is 1.33 bits per heavy atom. The molecule has 4 rings (SSSR count). The summed E-state index contributed by atoms with van der Waals surface area (Å²) in [5.74, 6) is 0.304. The van der Waals surface area contributed by atoms with Crippen molar-refractivity contribution in [3.05, 3.63) is 60.3 Å². The van der Waals surface area contributed by atoms with E-state index in [9.17, 15) is 13.6 Å². The Bertz CT molecular complexity index is 1080. The standard InChI is InChI=1S/C17H12F2N4O3S/c18-16(19)26-10-2-4-12-14(8-10)27-17(21-12)22-15(24)13-5-3-11(25-13)9-23-7-1-6-20-23/h1-8,16H,9H2,(H,21,22,24). The number of carbonyl (C=O) groups excluding carboxylic acids is 1. The van der Waals surface area contributed by atoms with E-state index in [1.807, 2.05) is 0 Å². The number of thiazole rings is 1. The van der Waals surface area contributed by atoms with Crippen LogP contribution in [-0.2, 0) is 6.54 Å². The monoisotopic (exact) mass is 390 g/mol. The number of halogens is 2. The van der Waals surface area contributed by atoms with Gasteiger partial charge in [-0.3, -0.25) is 14.8 Å². The van der Waals surface area contributed by atoms with Crippen molar-refractivity contribution in [3.8, 4) is 5.75 Å². The van der Waals surface area contributed by atoms with Crippen molar-refractivity contribution in [1.29, 1.82) is 0 Å². The molecular formula is C17H12F2N4O3S. The smallest absolute Gasteiger partial charge is 0.387 e. The molecule has 1 aromatic carbocycles. The quantitative estimate of drug-likeness (QED) is 0.538. The number of nitrogens with zero attached hydrogens (tertiary/aromatic N) is 3. The van der Waals surface area contributed by atoms with Crippen molar-refractivity contribution < 1.29 is 22.7 Å². The normalized spacial score (nSPS) is 11.2. The van der Waals surface area contributed by atoms with Gasteiger partial charge in [-0.25, -0.2) is 4.98 Å². The van der Waals surface area contributed by atoms with Gasteiger partial charge in [0.15, 0.2) is 10.9 Å². The maximum atomic E-state index is 12.3. The van der Waals surface area contributed by atoms with E-state index >= 15 is 0 Å². The zero-order valence-corrected chi connectivity index (χ0v) is 14.5. The Kier molecular flexibility index (Phi) is 4.55. The van der Waals surface area contributed by atoms with Gasteiger partial charge < -0.3 is 9.15 Å². The number of fused-ring (bicyclic) bond motifs is 1. The molecule has 3 aromatic heterocycles. The fraction of sp³-hybridized carbons (Fsp3) is 0.118. The van der Waals surface area contributed by atoms with Gasteiger partial charge in [0, 0.05) is 12.4 Å². The minimum atomic E-state index is -2.90. The van der Waals surface area contributed by atoms with Crippen LogP contribution in [-0.4, -0.2) is 27.3 Å². The molecule has 3 heterocycles. The largest absolute Gasteiger partial charge is 0.454 e. The Balaban J connectivity index is 1.46. The molecule has 0 aliphatic carbocycles. The SMILES string of the molecule is O=C(Nc1nc2ccc(OC(F)F)cc2s1)c1ccc(Cn2cccn2)o1. The van der Waals surface area contributed by atoms with Gasteiger partial charge in [0.1, 0.15) is 11.5 Å². The minimum Gasteiger partial charge on any atom is -0.454 e. The van der Waals surface area contributed by atoms with Gasteiger partial charge in [-0.2, -0.15) is 13.9 Å². The average Bonchev–Trinajstić information content (AvgIpc) is 3.35. The molecule has 1 N–H and O–H groups in total. The molecule has 1 amide bonds. The van der Waals surface area contributed by atoms with Crippen molar-refractivity contribution in [2.75, 3.05) is 5.32 Å². The van der Waals surface area contributed by atoms with Crippen LogP contribution in [0.3, 0.4) is 0 Å². The fourth-order valence-corrected chi connectivity index (χ4v) is 3.32. The predicted molar refractivity (Wildman–Crippen MR) is 94.2 cm³/mol. The summed E-state index contributed by atoms with van der Waals surface area (Å²) in [6, 6.07) is 9.45. The molecular weight excluding hydrogens is 378 g/mol. The molecule has 0 aliphatic heterocycles. The maximum Gasteiger partial charge on any atom is 0.387 e. The third-order valence-electron chi connectivity index (χ3n) is 3.57. The van der Waals surface area contributed by atoms with Crippen LogP contribution >= 0.6 is 11.3 Å². The van der Waals surface area contributed by atoms with Crippen LogP contribution in [0, 0.1) is 0 Å². The predicted octanol–water partition coefficient (Wildman–Crippen LogP) is 3.99. The summed E-state index contributed by atoms with van der Waals surface area (Å²) in [4.78, 5) is 16.6. The zero-order chi connectivity index (χ0) is 18.8. The number of aromatic nitrogens is 3. The zero-order valence-electron chi connectivity index (χ0n) is 13.6. The summed E-state index contributed by atoms with van der Waals surface area (Å²) in [5, 5.41) is 7.04. The Hall–Kier alpha value is -3.27. The molecule has 0 radical (unpaired) electrons. The lowest BCUT2D eigenvalue weighted by Crippen LogP contribution is -2.10. The molecule has 0 atom stereocenters. The summed E-state index contributed by atoms with van der Waals surface area (Å²) in [6.07, 6.45) is 3.44. The van der Waals surface area contributed by atoms with E-state index in [1.165, 1.54) is 12.1 Å². The number of furan rings is 1. The number of ether oxygens (including phenoxy) is 1. The Labute approximate surface area is 155 Å². The second kappa shape index (κ2) is 7.16. The van der Waals surface area contributed by atoms with E-state index < -0.39 is 12.5 Å². The number of benzene rings is 1. The summed E-state index contributed by atoms with van der Waals surface area (Å²) in [6.45, 7) is -2.49. The van der Waals surface area contributed by atoms with Gasteiger partial charge in [0.25, 0.3) is 5.91 Å². The number of alkyl halides is 2. The number of anilines is 1. The van der Waals surface area contributed by atoms with Gasteiger partial charge in [0.05, 0.1) is 16.8 Å². The number of nitrogens with one attached hydrogen (secondary N) is 1. The third kappa shape index (κ3) is 3.95. The van der Waals surface area contributed by atoms with Crippen LogP contribution in [0.25, 0.3) is 10.2 Å². The van der Waals surface area contributed by atoms with E-state index in [2.05, 4.69) is 20.1 Å². The van der Waals surface area contributed by atoms with Crippen molar-refractivity contribution >= 4 is 32.6 Å². The van der Waals surface area contributed by atoms with Gasteiger partial charge in [-0.15, -0.1) is 0 Å². The average molecular weight is 390 g/mol. The number of hydrogen-bond donors (Lipinski definition) is 1. The van der Waals surface area contributed by atoms with Crippen LogP contribution < -0.4 is 10.1 Å². The Morgan fingerprint density at radius 2 is 2.22 bits per heavy atom. The van der Waals surface area contributed by atoms with E-state index in [0.29, 0.717) is 27.7 Å². The maximum absolute atomic E-state index is 12.3. The minimum absolute atomic E-state index is 0.0355.